The number of aryl methyl sites for hydroxylation is 1. The predicted octanol–water partition coefficient (Wildman–Crippen LogP) is 3.60. The van der Waals surface area contributed by atoms with Gasteiger partial charge in [0.2, 0.25) is 0 Å². The molecule has 0 aliphatic rings. The minimum atomic E-state index is -0.484. The van der Waals surface area contributed by atoms with Crippen LogP contribution in [0.15, 0.2) is 71.3 Å². The van der Waals surface area contributed by atoms with Gasteiger partial charge in [0.15, 0.2) is 11.4 Å². The number of thiazole rings is 1. The molecule has 2 aromatic heterocycles. The molecule has 1 N–H and O–H groups in total. The highest BCUT2D eigenvalue weighted by molar-refractivity contribution is 7.07. The number of amides is 1. The average Bonchev–Trinajstić information content (AvgIpc) is 3.35. The Morgan fingerprint density at radius 2 is 1.93 bits per heavy atom. The van der Waals surface area contributed by atoms with Crippen LogP contribution < -0.4 is 4.80 Å². The number of rotatable bonds is 6. The van der Waals surface area contributed by atoms with Crippen molar-refractivity contribution in [2.24, 2.45) is 4.99 Å². The Hall–Kier alpha value is -3.45. The Balaban J connectivity index is 1.36. The molecule has 152 valence electrons. The van der Waals surface area contributed by atoms with Crippen LogP contribution in [0, 0.1) is 6.92 Å². The van der Waals surface area contributed by atoms with Crippen molar-refractivity contribution in [3.8, 4) is 0 Å². The molecule has 0 unspecified atom stereocenters. The zero-order valence-electron chi connectivity index (χ0n) is 16.5. The summed E-state index contributed by atoms with van der Waals surface area (Å²) >= 11 is 1.37. The number of H-pyrrole nitrogens is 1. The lowest BCUT2D eigenvalue weighted by Crippen LogP contribution is -2.20. The second-order valence-electron chi connectivity index (χ2n) is 7.00. The monoisotopic (exact) mass is 419 g/mol. The van der Waals surface area contributed by atoms with Gasteiger partial charge in [0.25, 0.3) is 5.91 Å². The zero-order valence-corrected chi connectivity index (χ0v) is 17.3. The lowest BCUT2D eigenvalue weighted by Gasteiger charge is -2.04. The topological polar surface area (TPSA) is 76.5 Å². The summed E-state index contributed by atoms with van der Waals surface area (Å²) in [6.07, 6.45) is 3.78. The van der Waals surface area contributed by atoms with Crippen LogP contribution in [0.5, 0.6) is 0 Å². The summed E-state index contributed by atoms with van der Waals surface area (Å²) in [5.74, 6) is -0.940. The van der Waals surface area contributed by atoms with Gasteiger partial charge < -0.3 is 14.3 Å². The maximum atomic E-state index is 12.2. The molecular formula is C23H21N3O3S. The Labute approximate surface area is 177 Å². The van der Waals surface area contributed by atoms with Gasteiger partial charge in [0, 0.05) is 35.2 Å². The fraction of sp³-hybridized carbons (Fsp3) is 0.174. The molecule has 0 aliphatic heterocycles. The third-order valence-corrected chi connectivity index (χ3v) is 5.51. The first-order valence-corrected chi connectivity index (χ1v) is 10.4. The molecule has 1 amide bonds. The van der Waals surface area contributed by atoms with Gasteiger partial charge in [0.1, 0.15) is 0 Å². The first-order valence-electron chi connectivity index (χ1n) is 9.56. The van der Waals surface area contributed by atoms with Crippen molar-refractivity contribution in [3.63, 3.8) is 0 Å². The van der Waals surface area contributed by atoms with E-state index in [4.69, 9.17) is 4.74 Å². The van der Waals surface area contributed by atoms with Gasteiger partial charge in [-0.1, -0.05) is 48.0 Å². The van der Waals surface area contributed by atoms with Crippen LogP contribution in [-0.4, -0.2) is 28.0 Å². The molecule has 0 saturated heterocycles. The number of fused-ring (bicyclic) bond motifs is 1. The molecule has 0 spiro atoms. The van der Waals surface area contributed by atoms with Crippen LogP contribution in [0.2, 0.25) is 0 Å². The van der Waals surface area contributed by atoms with E-state index >= 15 is 0 Å². The SMILES string of the molecule is Cc1ccc(Cn2ccsc2=NC(=O)COC(=O)Cc2c[nH]c3ccccc23)cc1. The smallest absolute Gasteiger partial charge is 0.310 e. The maximum Gasteiger partial charge on any atom is 0.310 e. The molecule has 6 nitrogen and oxygen atoms in total. The van der Waals surface area contributed by atoms with Crippen molar-refractivity contribution in [2.45, 2.75) is 19.9 Å². The molecule has 0 bridgehead atoms. The van der Waals surface area contributed by atoms with E-state index in [9.17, 15) is 9.59 Å². The second-order valence-corrected chi connectivity index (χ2v) is 7.87. The second kappa shape index (κ2) is 8.92. The predicted molar refractivity (Wildman–Crippen MR) is 116 cm³/mol. The van der Waals surface area contributed by atoms with Crippen molar-refractivity contribution in [3.05, 3.63) is 87.8 Å². The van der Waals surface area contributed by atoms with Gasteiger partial charge in [0.05, 0.1) is 6.42 Å². The first kappa shape index (κ1) is 19.8. The largest absolute Gasteiger partial charge is 0.455 e. The number of para-hydroxylation sites is 1. The van der Waals surface area contributed by atoms with Crippen LogP contribution in [-0.2, 0) is 27.3 Å². The molecular weight excluding hydrogens is 398 g/mol. The third-order valence-electron chi connectivity index (χ3n) is 4.72. The van der Waals surface area contributed by atoms with Gasteiger partial charge in [-0.15, -0.1) is 11.3 Å². The minimum absolute atomic E-state index is 0.101. The number of benzene rings is 2. The first-order chi connectivity index (χ1) is 14.6. The normalized spacial score (nSPS) is 11.7. The highest BCUT2D eigenvalue weighted by Crippen LogP contribution is 2.18. The number of nitrogens with zero attached hydrogens (tertiary/aromatic N) is 2. The van der Waals surface area contributed by atoms with Gasteiger partial charge in [-0.25, -0.2) is 0 Å². The number of carbonyl (C=O) groups excluding carboxylic acids is 2. The number of carbonyl (C=O) groups is 2. The lowest BCUT2D eigenvalue weighted by atomic mass is 10.1. The van der Waals surface area contributed by atoms with Crippen molar-refractivity contribution < 1.29 is 14.3 Å². The molecule has 4 rings (SSSR count). The number of hydrogen-bond acceptors (Lipinski definition) is 4. The van der Waals surface area contributed by atoms with E-state index in [1.807, 2.05) is 47.3 Å². The molecule has 0 aliphatic carbocycles. The number of esters is 1. The fourth-order valence-corrected chi connectivity index (χ4v) is 3.91. The van der Waals surface area contributed by atoms with Gasteiger partial charge >= 0.3 is 5.97 Å². The molecule has 7 heteroatoms. The number of aromatic nitrogens is 2. The summed E-state index contributed by atoms with van der Waals surface area (Å²) in [6, 6.07) is 15.9. The summed E-state index contributed by atoms with van der Waals surface area (Å²) in [7, 11) is 0. The molecule has 0 fully saturated rings. The van der Waals surface area contributed by atoms with Crippen LogP contribution in [0.4, 0.5) is 0 Å². The number of ether oxygens (including phenoxy) is 1. The quantitative estimate of drug-likeness (QED) is 0.485. The lowest BCUT2D eigenvalue weighted by molar-refractivity contribution is -0.147. The van der Waals surface area contributed by atoms with Crippen molar-refractivity contribution in [1.82, 2.24) is 9.55 Å². The van der Waals surface area contributed by atoms with Crippen molar-refractivity contribution in [2.75, 3.05) is 6.61 Å². The fourth-order valence-electron chi connectivity index (χ4n) is 3.16. The van der Waals surface area contributed by atoms with Crippen LogP contribution in [0.3, 0.4) is 0 Å². The Bertz CT molecular complexity index is 1250. The van der Waals surface area contributed by atoms with Crippen LogP contribution in [0.1, 0.15) is 16.7 Å². The Morgan fingerprint density at radius 1 is 1.13 bits per heavy atom. The molecule has 30 heavy (non-hydrogen) atoms. The molecule has 2 heterocycles. The molecule has 0 atom stereocenters. The van der Waals surface area contributed by atoms with Gasteiger partial charge in [-0.2, -0.15) is 4.99 Å². The Morgan fingerprint density at radius 3 is 2.77 bits per heavy atom. The summed E-state index contributed by atoms with van der Waals surface area (Å²) in [4.78, 5) is 32.2. The summed E-state index contributed by atoms with van der Waals surface area (Å²) in [6.45, 7) is 2.29. The summed E-state index contributed by atoms with van der Waals surface area (Å²) in [5.41, 5.74) is 4.12. The molecule has 4 aromatic rings. The van der Waals surface area contributed by atoms with E-state index in [1.165, 1.54) is 16.9 Å². The number of nitrogens with one attached hydrogen (secondary N) is 1. The van der Waals surface area contributed by atoms with E-state index in [1.54, 1.807) is 6.20 Å². The van der Waals surface area contributed by atoms with E-state index in [2.05, 4.69) is 34.2 Å². The number of aromatic amines is 1. The third kappa shape index (κ3) is 4.75. The Kier molecular flexibility index (Phi) is 5.90. The van der Waals surface area contributed by atoms with Crippen LogP contribution in [0.25, 0.3) is 10.9 Å². The standard InChI is InChI=1S/C23H21N3O3S/c1-16-6-8-17(9-7-16)14-26-10-11-30-23(26)25-21(27)15-29-22(28)12-18-13-24-20-5-3-2-4-19(18)20/h2-11,13,24H,12,14-15H2,1H3. The highest BCUT2D eigenvalue weighted by atomic mass is 32.1. The van der Waals surface area contributed by atoms with E-state index < -0.39 is 11.9 Å². The van der Waals surface area contributed by atoms with Crippen molar-refractivity contribution in [1.29, 1.82) is 0 Å². The minimum Gasteiger partial charge on any atom is -0.455 e. The van der Waals surface area contributed by atoms with E-state index in [-0.39, 0.29) is 13.0 Å². The van der Waals surface area contributed by atoms with E-state index in [0.717, 1.165) is 22.0 Å². The average molecular weight is 420 g/mol. The van der Waals surface area contributed by atoms with Gasteiger partial charge in [-0.3, -0.25) is 9.59 Å². The zero-order chi connectivity index (χ0) is 20.9. The molecule has 0 radical (unpaired) electrons. The summed E-state index contributed by atoms with van der Waals surface area (Å²) in [5, 5.41) is 2.85. The molecule has 0 saturated carbocycles. The molecule has 2 aromatic carbocycles. The van der Waals surface area contributed by atoms with Gasteiger partial charge in [-0.05, 0) is 24.1 Å². The highest BCUT2D eigenvalue weighted by Gasteiger charge is 2.11. The maximum absolute atomic E-state index is 12.2. The van der Waals surface area contributed by atoms with Crippen molar-refractivity contribution >= 4 is 34.1 Å². The van der Waals surface area contributed by atoms with E-state index in [0.29, 0.717) is 11.3 Å². The number of hydrogen-bond donors (Lipinski definition) is 1. The summed E-state index contributed by atoms with van der Waals surface area (Å²) < 4.78 is 7.05. The van der Waals surface area contributed by atoms with Crippen LogP contribution >= 0.6 is 11.3 Å².